The van der Waals surface area contributed by atoms with Crippen LogP contribution in [0.1, 0.15) is 18.5 Å². The van der Waals surface area contributed by atoms with Gasteiger partial charge in [-0.2, -0.15) is 0 Å². The summed E-state index contributed by atoms with van der Waals surface area (Å²) >= 11 is 3.51. The second-order valence-corrected chi connectivity index (χ2v) is 8.05. The first kappa shape index (κ1) is 18.0. The van der Waals surface area contributed by atoms with Crippen LogP contribution in [0.3, 0.4) is 0 Å². The van der Waals surface area contributed by atoms with Crippen molar-refractivity contribution < 1.29 is 0 Å². The number of allylic oxidation sites excluding steroid dienone is 4. The van der Waals surface area contributed by atoms with Crippen molar-refractivity contribution in [1.29, 1.82) is 0 Å². The van der Waals surface area contributed by atoms with Crippen LogP contribution in [0.4, 0.5) is 0 Å². The Balaban J connectivity index is 1.74. The van der Waals surface area contributed by atoms with Crippen LogP contribution < -0.4 is 0 Å². The SMILES string of the molecule is Brc1ccc(-c2nc(C3=CCCC=C3)cc(-c3cccc4ccccc34)n2)cc1. The maximum Gasteiger partial charge on any atom is 0.160 e. The van der Waals surface area contributed by atoms with Crippen molar-refractivity contribution in [2.75, 3.05) is 0 Å². The van der Waals surface area contributed by atoms with Gasteiger partial charge in [0.15, 0.2) is 5.82 Å². The molecule has 0 N–H and O–H groups in total. The fourth-order valence-electron chi connectivity index (χ4n) is 3.71. The van der Waals surface area contributed by atoms with Gasteiger partial charge in [0.1, 0.15) is 0 Å². The van der Waals surface area contributed by atoms with Crippen molar-refractivity contribution in [3.8, 4) is 22.6 Å². The highest BCUT2D eigenvalue weighted by atomic mass is 79.9. The Bertz CT molecular complexity index is 1250. The molecular formula is C26H19BrN2. The molecule has 3 aromatic carbocycles. The maximum absolute atomic E-state index is 4.97. The lowest BCUT2D eigenvalue weighted by atomic mass is 9.99. The number of rotatable bonds is 3. The molecule has 1 aromatic heterocycles. The number of benzene rings is 3. The number of nitrogens with zero attached hydrogens (tertiary/aromatic N) is 2. The van der Waals surface area contributed by atoms with Crippen molar-refractivity contribution in [3.05, 3.63) is 101 Å². The predicted molar refractivity (Wildman–Crippen MR) is 124 cm³/mol. The lowest BCUT2D eigenvalue weighted by Crippen LogP contribution is -1.99. The second kappa shape index (κ2) is 7.76. The molecule has 0 spiro atoms. The van der Waals surface area contributed by atoms with Crippen LogP contribution in [0, 0.1) is 0 Å². The van der Waals surface area contributed by atoms with Crippen LogP contribution >= 0.6 is 15.9 Å². The van der Waals surface area contributed by atoms with Crippen molar-refractivity contribution in [2.24, 2.45) is 0 Å². The summed E-state index contributed by atoms with van der Waals surface area (Å²) in [7, 11) is 0. The number of hydrogen-bond donors (Lipinski definition) is 0. The van der Waals surface area contributed by atoms with E-state index in [1.807, 2.05) is 12.1 Å². The summed E-state index contributed by atoms with van der Waals surface area (Å²) in [6.07, 6.45) is 8.79. The average Bonchev–Trinajstić information content (AvgIpc) is 2.79. The third-order valence-corrected chi connectivity index (χ3v) is 5.71. The fourth-order valence-corrected chi connectivity index (χ4v) is 3.98. The molecule has 5 rings (SSSR count). The standard InChI is InChI=1S/C26H19BrN2/c27-21-15-13-20(14-16-21)26-28-24(19-8-2-1-3-9-19)17-25(29-26)23-12-6-10-18-7-4-5-11-22(18)23/h2,4-17H,1,3H2. The molecule has 29 heavy (non-hydrogen) atoms. The highest BCUT2D eigenvalue weighted by Gasteiger charge is 2.13. The minimum atomic E-state index is 0.748. The van der Waals surface area contributed by atoms with Crippen LogP contribution in [0.2, 0.25) is 0 Å². The van der Waals surface area contributed by atoms with E-state index >= 15 is 0 Å². The van der Waals surface area contributed by atoms with Crippen LogP contribution in [0.5, 0.6) is 0 Å². The molecule has 1 aliphatic rings. The summed E-state index contributed by atoms with van der Waals surface area (Å²) in [5.41, 5.74) is 5.22. The van der Waals surface area contributed by atoms with Gasteiger partial charge in [-0.25, -0.2) is 9.97 Å². The van der Waals surface area contributed by atoms with E-state index in [2.05, 4.69) is 94.8 Å². The third kappa shape index (κ3) is 3.66. The molecule has 0 bridgehead atoms. The molecule has 2 nitrogen and oxygen atoms in total. The minimum Gasteiger partial charge on any atom is -0.228 e. The van der Waals surface area contributed by atoms with Gasteiger partial charge < -0.3 is 0 Å². The van der Waals surface area contributed by atoms with E-state index in [0.29, 0.717) is 0 Å². The normalized spacial score (nSPS) is 13.5. The summed E-state index contributed by atoms with van der Waals surface area (Å²) in [6.45, 7) is 0. The summed E-state index contributed by atoms with van der Waals surface area (Å²) in [5.74, 6) is 0.748. The number of halogens is 1. The van der Waals surface area contributed by atoms with E-state index in [-0.39, 0.29) is 0 Å². The molecule has 3 heteroatoms. The zero-order valence-electron chi connectivity index (χ0n) is 15.8. The molecule has 0 saturated heterocycles. The molecule has 0 unspecified atom stereocenters. The Morgan fingerprint density at radius 2 is 1.55 bits per heavy atom. The third-order valence-electron chi connectivity index (χ3n) is 5.18. The molecule has 0 aliphatic heterocycles. The number of hydrogen-bond acceptors (Lipinski definition) is 2. The molecule has 0 radical (unpaired) electrons. The first-order chi connectivity index (χ1) is 14.3. The predicted octanol–water partition coefficient (Wildman–Crippen LogP) is 7.46. The van der Waals surface area contributed by atoms with Gasteiger partial charge in [-0.15, -0.1) is 0 Å². The molecule has 140 valence electrons. The Hall–Kier alpha value is -3.04. The molecule has 4 aromatic rings. The van der Waals surface area contributed by atoms with Crippen LogP contribution in [0.15, 0.2) is 95.5 Å². The molecule has 0 saturated carbocycles. The van der Waals surface area contributed by atoms with Gasteiger partial charge in [0, 0.05) is 15.6 Å². The zero-order valence-corrected chi connectivity index (χ0v) is 17.4. The average molecular weight is 439 g/mol. The topological polar surface area (TPSA) is 25.8 Å². The summed E-state index contributed by atoms with van der Waals surface area (Å²) < 4.78 is 1.05. The molecule has 0 amide bonds. The van der Waals surface area contributed by atoms with Gasteiger partial charge in [-0.1, -0.05) is 88.8 Å². The van der Waals surface area contributed by atoms with Gasteiger partial charge in [-0.05, 0) is 47.4 Å². The van der Waals surface area contributed by atoms with Crippen LogP contribution in [0.25, 0.3) is 39.0 Å². The van der Waals surface area contributed by atoms with Gasteiger partial charge in [-0.3, -0.25) is 0 Å². The van der Waals surface area contributed by atoms with E-state index in [1.54, 1.807) is 0 Å². The Kier molecular flexibility index (Phi) is 4.82. The lowest BCUT2D eigenvalue weighted by molar-refractivity contribution is 1.03. The van der Waals surface area contributed by atoms with Crippen LogP contribution in [-0.4, -0.2) is 9.97 Å². The number of fused-ring (bicyclic) bond motifs is 1. The van der Waals surface area contributed by atoms with E-state index in [4.69, 9.17) is 9.97 Å². The Morgan fingerprint density at radius 3 is 2.38 bits per heavy atom. The van der Waals surface area contributed by atoms with Gasteiger partial charge in [0.05, 0.1) is 11.4 Å². The van der Waals surface area contributed by atoms with Gasteiger partial charge >= 0.3 is 0 Å². The van der Waals surface area contributed by atoms with Gasteiger partial charge in [0.2, 0.25) is 0 Å². The highest BCUT2D eigenvalue weighted by Crippen LogP contribution is 2.32. The largest absolute Gasteiger partial charge is 0.228 e. The van der Waals surface area contributed by atoms with Crippen molar-refractivity contribution in [2.45, 2.75) is 12.8 Å². The van der Waals surface area contributed by atoms with E-state index in [1.165, 1.54) is 16.3 Å². The molecule has 0 fully saturated rings. The van der Waals surface area contributed by atoms with Crippen molar-refractivity contribution in [3.63, 3.8) is 0 Å². The maximum atomic E-state index is 4.97. The van der Waals surface area contributed by atoms with Crippen molar-refractivity contribution >= 4 is 32.3 Å². The first-order valence-corrected chi connectivity index (χ1v) is 10.6. The summed E-state index contributed by atoms with van der Waals surface area (Å²) in [4.78, 5) is 9.89. The Labute approximate surface area is 178 Å². The summed E-state index contributed by atoms with van der Waals surface area (Å²) in [6, 6.07) is 25.1. The molecule has 1 heterocycles. The molecule has 1 aliphatic carbocycles. The second-order valence-electron chi connectivity index (χ2n) is 7.13. The highest BCUT2D eigenvalue weighted by molar-refractivity contribution is 9.10. The zero-order chi connectivity index (χ0) is 19.6. The Morgan fingerprint density at radius 1 is 0.759 bits per heavy atom. The lowest BCUT2D eigenvalue weighted by Gasteiger charge is -2.13. The van der Waals surface area contributed by atoms with E-state index in [9.17, 15) is 0 Å². The quantitative estimate of drug-likeness (QED) is 0.331. The fraction of sp³-hybridized carbons (Fsp3) is 0.0769. The number of aromatic nitrogens is 2. The van der Waals surface area contributed by atoms with E-state index < -0.39 is 0 Å². The van der Waals surface area contributed by atoms with E-state index in [0.717, 1.165) is 45.7 Å². The van der Waals surface area contributed by atoms with Crippen molar-refractivity contribution in [1.82, 2.24) is 9.97 Å². The summed E-state index contributed by atoms with van der Waals surface area (Å²) in [5, 5.41) is 2.42. The monoisotopic (exact) mass is 438 g/mol. The first-order valence-electron chi connectivity index (χ1n) is 9.78. The minimum absolute atomic E-state index is 0.748. The molecular weight excluding hydrogens is 420 g/mol. The smallest absolute Gasteiger partial charge is 0.160 e. The van der Waals surface area contributed by atoms with Crippen LogP contribution in [-0.2, 0) is 0 Å². The molecule has 0 atom stereocenters. The van der Waals surface area contributed by atoms with Gasteiger partial charge in [0.25, 0.3) is 0 Å².